The summed E-state index contributed by atoms with van der Waals surface area (Å²) in [5, 5.41) is 52.3. The number of esters is 1. The normalized spacial score (nSPS) is 22.8. The lowest BCUT2D eigenvalue weighted by atomic mass is 9.99. The highest BCUT2D eigenvalue weighted by molar-refractivity contribution is 5.91. The van der Waals surface area contributed by atoms with E-state index in [2.05, 4.69) is 0 Å². The predicted molar refractivity (Wildman–Crippen MR) is 130 cm³/mol. The summed E-state index contributed by atoms with van der Waals surface area (Å²) < 4.78 is 36.7. The lowest BCUT2D eigenvalue weighted by molar-refractivity contribution is -0.277. The zero-order valence-corrected chi connectivity index (χ0v) is 20.9. The van der Waals surface area contributed by atoms with Crippen LogP contribution in [-0.4, -0.2) is 90.1 Å². The Morgan fingerprint density at radius 3 is 2.10 bits per heavy atom. The minimum Gasteiger partial charge on any atom is -0.502 e. The Hall–Kier alpha value is -4.24. The monoisotopic (exact) mass is 550 g/mol. The van der Waals surface area contributed by atoms with E-state index < -0.39 is 60.4 Å². The van der Waals surface area contributed by atoms with E-state index in [1.807, 2.05) is 0 Å². The van der Waals surface area contributed by atoms with Crippen molar-refractivity contribution >= 4 is 16.9 Å². The molecule has 1 saturated heterocycles. The molecule has 0 amide bonds. The van der Waals surface area contributed by atoms with Gasteiger partial charge in [-0.15, -0.1) is 0 Å². The number of methoxy groups -OCH3 is 3. The van der Waals surface area contributed by atoms with Gasteiger partial charge < -0.3 is 58.4 Å². The van der Waals surface area contributed by atoms with Crippen LogP contribution in [0.5, 0.6) is 34.5 Å². The molecule has 0 saturated carbocycles. The van der Waals surface area contributed by atoms with Crippen LogP contribution < -0.4 is 24.6 Å². The number of benzene rings is 2. The Morgan fingerprint density at radius 2 is 1.49 bits per heavy atom. The smallest absolute Gasteiger partial charge is 0.338 e. The summed E-state index contributed by atoms with van der Waals surface area (Å²) in [6.45, 7) is -0.616. The van der Waals surface area contributed by atoms with E-state index in [0.717, 1.165) is 6.07 Å². The highest BCUT2D eigenvalue weighted by Crippen LogP contribution is 2.43. The average Bonchev–Trinajstić information content (AvgIpc) is 2.93. The van der Waals surface area contributed by atoms with Crippen LogP contribution in [0.3, 0.4) is 0 Å². The van der Waals surface area contributed by atoms with Crippen LogP contribution in [0.2, 0.25) is 0 Å². The average molecular weight is 550 g/mol. The number of phenolic OH excluding ortho intramolecular Hbond substituents is 2. The van der Waals surface area contributed by atoms with Crippen molar-refractivity contribution in [3.63, 3.8) is 0 Å². The maximum Gasteiger partial charge on any atom is 0.338 e. The van der Waals surface area contributed by atoms with E-state index in [9.17, 15) is 35.1 Å². The molecule has 0 aliphatic carbocycles. The molecule has 5 N–H and O–H groups in total. The molecule has 0 unspecified atom stereocenters. The van der Waals surface area contributed by atoms with Gasteiger partial charge in [0, 0.05) is 11.5 Å². The van der Waals surface area contributed by atoms with E-state index in [1.165, 1.54) is 45.6 Å². The molecule has 1 aromatic heterocycles. The number of rotatable bonds is 8. The maximum atomic E-state index is 12.7. The molecule has 0 bridgehead atoms. The first-order valence-electron chi connectivity index (χ1n) is 11.4. The summed E-state index contributed by atoms with van der Waals surface area (Å²) in [6, 6.07) is 6.31. The van der Waals surface area contributed by atoms with Gasteiger partial charge >= 0.3 is 11.6 Å². The van der Waals surface area contributed by atoms with Gasteiger partial charge in [0.1, 0.15) is 31.0 Å². The van der Waals surface area contributed by atoms with Crippen molar-refractivity contribution in [2.75, 3.05) is 27.9 Å². The lowest BCUT2D eigenvalue weighted by Gasteiger charge is -2.39. The first-order chi connectivity index (χ1) is 18.6. The van der Waals surface area contributed by atoms with Gasteiger partial charge in [0.2, 0.25) is 23.5 Å². The van der Waals surface area contributed by atoms with Crippen LogP contribution in [0.15, 0.2) is 39.5 Å². The molecule has 210 valence electrons. The number of ether oxygens (including phenoxy) is 6. The van der Waals surface area contributed by atoms with Crippen LogP contribution >= 0.6 is 0 Å². The quantitative estimate of drug-likeness (QED) is 0.189. The van der Waals surface area contributed by atoms with E-state index >= 15 is 0 Å². The van der Waals surface area contributed by atoms with E-state index in [0.29, 0.717) is 5.39 Å². The molecule has 3 aromatic rings. The molecular formula is C25H26O14. The van der Waals surface area contributed by atoms with Gasteiger partial charge in [-0.2, -0.15) is 0 Å². The number of aromatic hydroxyl groups is 2. The summed E-state index contributed by atoms with van der Waals surface area (Å²) in [7, 11) is 3.83. The standard InChI is InChI=1S/C25H26O14/c1-33-12-7-11(8-13(34-2)17(12)27)24(32)36-9-15-18(28)20(30)21(31)25(37-15)39-23-19(29)14(35-3)6-10-4-5-16(26)38-22(10)23/h4-8,15,18,20-21,25,27-31H,9H2,1-3H3/t15-,18-,20+,21-,25+/m1/s1. The van der Waals surface area contributed by atoms with Crippen molar-refractivity contribution in [1.82, 2.24) is 0 Å². The van der Waals surface area contributed by atoms with Gasteiger partial charge in [-0.3, -0.25) is 0 Å². The van der Waals surface area contributed by atoms with Gasteiger partial charge in [0.05, 0.1) is 26.9 Å². The number of hydrogen-bond donors (Lipinski definition) is 5. The molecule has 2 aromatic carbocycles. The number of aliphatic hydroxyl groups is 3. The number of aliphatic hydroxyl groups excluding tert-OH is 3. The van der Waals surface area contributed by atoms with Crippen molar-refractivity contribution in [3.8, 4) is 34.5 Å². The molecule has 14 nitrogen and oxygen atoms in total. The van der Waals surface area contributed by atoms with Crippen molar-refractivity contribution < 1.29 is 63.2 Å². The number of carbonyl (C=O) groups is 1. The van der Waals surface area contributed by atoms with Gasteiger partial charge in [-0.05, 0) is 24.3 Å². The highest BCUT2D eigenvalue weighted by atomic mass is 16.7. The molecule has 4 rings (SSSR count). The molecule has 1 fully saturated rings. The summed E-state index contributed by atoms with van der Waals surface area (Å²) in [6.07, 6.45) is -8.52. The third-order valence-corrected chi connectivity index (χ3v) is 6.02. The van der Waals surface area contributed by atoms with Crippen molar-refractivity contribution in [2.24, 2.45) is 0 Å². The second-order valence-electron chi connectivity index (χ2n) is 8.39. The Bertz CT molecular complexity index is 1390. The second-order valence-corrected chi connectivity index (χ2v) is 8.39. The molecule has 5 atom stereocenters. The maximum absolute atomic E-state index is 12.7. The first kappa shape index (κ1) is 27.8. The van der Waals surface area contributed by atoms with Crippen LogP contribution in [0.1, 0.15) is 10.4 Å². The molecule has 14 heteroatoms. The molecule has 0 spiro atoms. The Morgan fingerprint density at radius 1 is 0.872 bits per heavy atom. The molecule has 1 aliphatic heterocycles. The SMILES string of the molecule is COc1cc(C(=O)OC[C@H]2O[C@@H](Oc3c(O)c(OC)cc4ccc(=O)oc34)[C@H](O)[C@@H](O)[C@@H]2O)cc(OC)c1O. The van der Waals surface area contributed by atoms with Crippen LogP contribution in [0, 0.1) is 0 Å². The summed E-state index contributed by atoms with van der Waals surface area (Å²) in [4.78, 5) is 24.5. The number of hydrogen-bond acceptors (Lipinski definition) is 14. The topological polar surface area (TPSA) is 204 Å². The van der Waals surface area contributed by atoms with Crippen molar-refractivity contribution in [3.05, 3.63) is 46.3 Å². The molecule has 2 heterocycles. The van der Waals surface area contributed by atoms with E-state index in [1.54, 1.807) is 0 Å². The molecule has 39 heavy (non-hydrogen) atoms. The lowest BCUT2D eigenvalue weighted by Crippen LogP contribution is -2.60. The zero-order valence-electron chi connectivity index (χ0n) is 20.9. The van der Waals surface area contributed by atoms with Crippen LogP contribution in [0.4, 0.5) is 0 Å². The molecule has 1 aliphatic rings. The summed E-state index contributed by atoms with van der Waals surface area (Å²) in [5.74, 6) is -2.44. The Labute approximate surface area is 220 Å². The van der Waals surface area contributed by atoms with E-state index in [-0.39, 0.29) is 34.1 Å². The highest BCUT2D eigenvalue weighted by Gasteiger charge is 2.46. The number of fused-ring (bicyclic) bond motifs is 1. The van der Waals surface area contributed by atoms with Crippen molar-refractivity contribution in [1.29, 1.82) is 0 Å². The fourth-order valence-electron chi connectivity index (χ4n) is 3.93. The Balaban J connectivity index is 1.57. The first-order valence-corrected chi connectivity index (χ1v) is 11.4. The number of carbonyl (C=O) groups excluding carboxylic acids is 1. The predicted octanol–water partition coefficient (Wildman–Crippen LogP) is 0.273. The van der Waals surface area contributed by atoms with Gasteiger partial charge in [-0.1, -0.05) is 0 Å². The third kappa shape index (κ3) is 5.35. The fourth-order valence-corrected chi connectivity index (χ4v) is 3.93. The minimum absolute atomic E-state index is 0.0533. The van der Waals surface area contributed by atoms with E-state index in [4.69, 9.17) is 32.8 Å². The second kappa shape index (κ2) is 11.2. The van der Waals surface area contributed by atoms with Gasteiger partial charge in [-0.25, -0.2) is 9.59 Å². The van der Waals surface area contributed by atoms with Gasteiger partial charge in [0.25, 0.3) is 0 Å². The van der Waals surface area contributed by atoms with Crippen LogP contribution in [0.25, 0.3) is 11.0 Å². The number of phenols is 2. The van der Waals surface area contributed by atoms with Gasteiger partial charge in [0.15, 0.2) is 22.8 Å². The largest absolute Gasteiger partial charge is 0.502 e. The fraction of sp³-hybridized carbons (Fsp3) is 0.360. The minimum atomic E-state index is -1.84. The summed E-state index contributed by atoms with van der Waals surface area (Å²) in [5.41, 5.74) is -1.02. The molecular weight excluding hydrogens is 524 g/mol. The van der Waals surface area contributed by atoms with Crippen molar-refractivity contribution in [2.45, 2.75) is 30.7 Å². The summed E-state index contributed by atoms with van der Waals surface area (Å²) >= 11 is 0. The Kier molecular flexibility index (Phi) is 8.01. The zero-order chi connectivity index (χ0) is 28.4. The third-order valence-electron chi connectivity index (χ3n) is 6.02. The van der Waals surface area contributed by atoms with Crippen LogP contribution in [-0.2, 0) is 9.47 Å². The molecule has 0 radical (unpaired) electrons.